The van der Waals surface area contributed by atoms with Crippen LogP contribution in [0.3, 0.4) is 0 Å². The summed E-state index contributed by atoms with van der Waals surface area (Å²) in [7, 11) is -3.59. The van der Waals surface area contributed by atoms with Crippen LogP contribution in [0, 0.1) is 19.3 Å². The van der Waals surface area contributed by atoms with Crippen LogP contribution in [0.1, 0.15) is 30.9 Å². The molecule has 2 rings (SSSR count). The van der Waals surface area contributed by atoms with Gasteiger partial charge >= 0.3 is 0 Å². The van der Waals surface area contributed by atoms with E-state index in [-0.39, 0.29) is 41.6 Å². The fourth-order valence-electron chi connectivity index (χ4n) is 2.82. The molecule has 8 heteroatoms. The number of nitrogens with zero attached hydrogens (tertiary/aromatic N) is 1. The maximum Gasteiger partial charge on any atom is 0.240 e. The number of halogens is 1. The fraction of sp³-hybridized carbons (Fsp3) is 0.588. The lowest BCUT2D eigenvalue weighted by molar-refractivity contribution is -0.130. The maximum absolute atomic E-state index is 12.3. The van der Waals surface area contributed by atoms with E-state index in [0.29, 0.717) is 19.6 Å². The molecule has 0 spiro atoms. The Kier molecular flexibility index (Phi) is 7.43. The van der Waals surface area contributed by atoms with Crippen molar-refractivity contribution in [1.82, 2.24) is 9.62 Å². The number of hydrogen-bond acceptors (Lipinski definition) is 4. The Morgan fingerprint density at radius 2 is 2.00 bits per heavy atom. The number of sulfonamides is 1. The molecule has 0 saturated carbocycles. The molecule has 1 aromatic carbocycles. The topological polar surface area (TPSA) is 92.5 Å². The molecule has 0 bridgehead atoms. The molecule has 25 heavy (non-hydrogen) atoms. The van der Waals surface area contributed by atoms with Crippen molar-refractivity contribution in [3.63, 3.8) is 0 Å². The van der Waals surface area contributed by atoms with E-state index in [2.05, 4.69) is 11.6 Å². The molecule has 3 N–H and O–H groups in total. The van der Waals surface area contributed by atoms with Gasteiger partial charge in [0.15, 0.2) is 0 Å². The molecular weight excluding hydrogens is 362 g/mol. The standard InChI is InChI=1S/C17H27N3O3S.ClH/c1-13-4-5-15(10-14(13)2)24(22,23)19-8-6-16(21)20-9-7-17(3,11-18)12-20;/h4-5,10,19H,6-9,11-12,18H2,1-3H3;1H. The van der Waals surface area contributed by atoms with Gasteiger partial charge in [-0.15, -0.1) is 12.4 Å². The normalized spacial score (nSPS) is 20.4. The quantitative estimate of drug-likeness (QED) is 0.772. The van der Waals surface area contributed by atoms with Crippen molar-refractivity contribution in [2.24, 2.45) is 11.1 Å². The third-order valence-corrected chi connectivity index (χ3v) is 6.28. The summed E-state index contributed by atoms with van der Waals surface area (Å²) in [5.74, 6) is -0.0324. The highest BCUT2D eigenvalue weighted by molar-refractivity contribution is 7.89. The first-order valence-corrected chi connectivity index (χ1v) is 9.70. The van der Waals surface area contributed by atoms with Crippen molar-refractivity contribution in [3.05, 3.63) is 29.3 Å². The maximum atomic E-state index is 12.3. The molecule has 1 fully saturated rings. The molecule has 0 radical (unpaired) electrons. The third-order valence-electron chi connectivity index (χ3n) is 4.82. The Hall–Kier alpha value is -1.15. The summed E-state index contributed by atoms with van der Waals surface area (Å²) in [4.78, 5) is 14.2. The van der Waals surface area contributed by atoms with Crippen LogP contribution in [0.4, 0.5) is 0 Å². The third kappa shape index (κ3) is 5.41. The fourth-order valence-corrected chi connectivity index (χ4v) is 3.93. The number of carbonyl (C=O) groups is 1. The van der Waals surface area contributed by atoms with E-state index < -0.39 is 10.0 Å². The van der Waals surface area contributed by atoms with Crippen molar-refractivity contribution >= 4 is 28.3 Å². The molecule has 0 aromatic heterocycles. The van der Waals surface area contributed by atoms with Crippen LogP contribution in [0.2, 0.25) is 0 Å². The molecule has 6 nitrogen and oxygen atoms in total. The van der Waals surface area contributed by atoms with E-state index in [9.17, 15) is 13.2 Å². The summed E-state index contributed by atoms with van der Waals surface area (Å²) in [6.07, 6.45) is 1.05. The van der Waals surface area contributed by atoms with Crippen LogP contribution in [-0.2, 0) is 14.8 Å². The van der Waals surface area contributed by atoms with Crippen molar-refractivity contribution in [2.75, 3.05) is 26.2 Å². The van der Waals surface area contributed by atoms with Gasteiger partial charge in [0.05, 0.1) is 4.90 Å². The average molecular weight is 390 g/mol. The molecule has 0 aliphatic carbocycles. The molecule has 1 unspecified atom stereocenters. The van der Waals surface area contributed by atoms with Gasteiger partial charge in [-0.25, -0.2) is 13.1 Å². The van der Waals surface area contributed by atoms with E-state index in [1.54, 1.807) is 23.1 Å². The summed E-state index contributed by atoms with van der Waals surface area (Å²) >= 11 is 0. The van der Waals surface area contributed by atoms with E-state index in [4.69, 9.17) is 5.73 Å². The molecule has 1 aromatic rings. The Balaban J connectivity index is 0.00000312. The number of carbonyl (C=O) groups excluding carboxylic acids is 1. The molecule has 142 valence electrons. The van der Waals surface area contributed by atoms with E-state index in [1.807, 2.05) is 13.8 Å². The second kappa shape index (κ2) is 8.49. The smallest absolute Gasteiger partial charge is 0.240 e. The van der Waals surface area contributed by atoms with E-state index in [1.165, 1.54) is 0 Å². The second-order valence-corrected chi connectivity index (χ2v) is 8.74. The number of aryl methyl sites for hydroxylation is 2. The van der Waals surface area contributed by atoms with Gasteiger partial charge in [0, 0.05) is 26.1 Å². The number of benzene rings is 1. The number of amides is 1. The predicted molar refractivity (Wildman–Crippen MR) is 101 cm³/mol. The highest BCUT2D eigenvalue weighted by Gasteiger charge is 2.34. The van der Waals surface area contributed by atoms with Crippen LogP contribution in [0.5, 0.6) is 0 Å². The summed E-state index contributed by atoms with van der Waals surface area (Å²) < 4.78 is 27.1. The Morgan fingerprint density at radius 1 is 1.32 bits per heavy atom. The second-order valence-electron chi connectivity index (χ2n) is 6.97. The summed E-state index contributed by atoms with van der Waals surface area (Å²) in [6, 6.07) is 5.01. The number of nitrogens with one attached hydrogen (secondary N) is 1. The lowest BCUT2D eigenvalue weighted by Crippen LogP contribution is -2.36. The zero-order chi connectivity index (χ0) is 18.0. The van der Waals surface area contributed by atoms with Gasteiger partial charge in [-0.1, -0.05) is 13.0 Å². The minimum absolute atomic E-state index is 0. The monoisotopic (exact) mass is 389 g/mol. The molecule has 1 atom stereocenters. The van der Waals surface area contributed by atoms with Crippen molar-refractivity contribution in [3.8, 4) is 0 Å². The predicted octanol–water partition coefficient (Wildman–Crippen LogP) is 1.59. The summed E-state index contributed by atoms with van der Waals surface area (Å²) in [6.45, 7) is 7.87. The van der Waals surface area contributed by atoms with E-state index in [0.717, 1.165) is 17.5 Å². The molecule has 1 heterocycles. The average Bonchev–Trinajstić information content (AvgIpc) is 2.93. The summed E-state index contributed by atoms with van der Waals surface area (Å²) in [5, 5.41) is 0. The Labute approximate surface area is 156 Å². The molecule has 1 aliphatic heterocycles. The minimum atomic E-state index is -3.59. The van der Waals surface area contributed by atoms with E-state index >= 15 is 0 Å². The molecular formula is C17H28ClN3O3S. The lowest BCUT2D eigenvalue weighted by atomic mass is 9.90. The van der Waals surface area contributed by atoms with Gasteiger partial charge < -0.3 is 10.6 Å². The highest BCUT2D eigenvalue weighted by Crippen LogP contribution is 2.28. The summed E-state index contributed by atoms with van der Waals surface area (Å²) in [5.41, 5.74) is 7.69. The van der Waals surface area contributed by atoms with Crippen LogP contribution < -0.4 is 10.5 Å². The van der Waals surface area contributed by atoms with Crippen LogP contribution in [-0.4, -0.2) is 45.4 Å². The number of nitrogens with two attached hydrogens (primary N) is 1. The first kappa shape index (κ1) is 21.9. The zero-order valence-corrected chi connectivity index (χ0v) is 16.7. The largest absolute Gasteiger partial charge is 0.342 e. The molecule has 1 amide bonds. The Bertz CT molecular complexity index is 724. The number of rotatable bonds is 6. The van der Waals surface area contributed by atoms with Gasteiger partial charge in [-0.3, -0.25) is 4.79 Å². The van der Waals surface area contributed by atoms with Gasteiger partial charge in [-0.05, 0) is 55.5 Å². The lowest BCUT2D eigenvalue weighted by Gasteiger charge is -2.22. The highest BCUT2D eigenvalue weighted by atomic mass is 35.5. The Morgan fingerprint density at radius 3 is 2.56 bits per heavy atom. The van der Waals surface area contributed by atoms with Crippen molar-refractivity contribution in [1.29, 1.82) is 0 Å². The molecule has 1 aliphatic rings. The van der Waals surface area contributed by atoms with Crippen LogP contribution in [0.15, 0.2) is 23.1 Å². The zero-order valence-electron chi connectivity index (χ0n) is 15.0. The van der Waals surface area contributed by atoms with Gasteiger partial charge in [0.2, 0.25) is 15.9 Å². The minimum Gasteiger partial charge on any atom is -0.342 e. The van der Waals surface area contributed by atoms with Crippen molar-refractivity contribution < 1.29 is 13.2 Å². The SMILES string of the molecule is Cc1ccc(S(=O)(=O)NCCC(=O)N2CCC(C)(CN)C2)cc1C.Cl. The van der Waals surface area contributed by atoms with Crippen LogP contribution >= 0.6 is 12.4 Å². The van der Waals surface area contributed by atoms with Crippen LogP contribution in [0.25, 0.3) is 0 Å². The van der Waals surface area contributed by atoms with Crippen molar-refractivity contribution in [2.45, 2.75) is 38.5 Å². The number of hydrogen-bond donors (Lipinski definition) is 2. The first-order chi connectivity index (χ1) is 11.2. The van der Waals surface area contributed by atoms with Gasteiger partial charge in [0.25, 0.3) is 0 Å². The first-order valence-electron chi connectivity index (χ1n) is 8.22. The number of likely N-dealkylation sites (tertiary alicyclic amines) is 1. The van der Waals surface area contributed by atoms with Gasteiger partial charge in [0.1, 0.15) is 0 Å². The molecule has 1 saturated heterocycles. The van der Waals surface area contributed by atoms with Gasteiger partial charge in [-0.2, -0.15) is 0 Å².